The van der Waals surface area contributed by atoms with Gasteiger partial charge in [0.2, 0.25) is 6.33 Å². The van der Waals surface area contributed by atoms with Gasteiger partial charge in [0.25, 0.3) is 0 Å². The van der Waals surface area contributed by atoms with Crippen LogP contribution in [0.4, 0.5) is 13.2 Å². The zero-order valence-corrected chi connectivity index (χ0v) is 11.1. The number of imidazole rings is 1. The molecule has 0 aliphatic carbocycles. The Morgan fingerprint density at radius 3 is 2.26 bits per heavy atom. The predicted octanol–water partition coefficient (Wildman–Crippen LogP) is 1.19. The van der Waals surface area contributed by atoms with Gasteiger partial charge in [-0.05, 0) is 12.8 Å². The Kier molecular flexibility index (Phi) is 7.86. The molecule has 4 nitrogen and oxygen atoms in total. The molecule has 0 saturated heterocycles. The van der Waals surface area contributed by atoms with Gasteiger partial charge in [0, 0.05) is 0 Å². The lowest BCUT2D eigenvalue weighted by Gasteiger charge is -2.03. The van der Waals surface area contributed by atoms with Gasteiger partial charge in [-0.25, -0.2) is 9.13 Å². The Hall–Kier alpha value is -1.53. The highest BCUT2D eigenvalue weighted by atomic mass is 19.4. The average Bonchev–Trinajstić information content (AvgIpc) is 2.70. The minimum absolute atomic E-state index is 1.17. The molecule has 0 atom stereocenters. The first-order valence-corrected chi connectivity index (χ1v) is 6.06. The predicted molar refractivity (Wildman–Crippen MR) is 60.8 cm³/mol. The molecule has 0 aliphatic heterocycles. The molecule has 1 aromatic rings. The van der Waals surface area contributed by atoms with Crippen LogP contribution in [0.1, 0.15) is 32.6 Å². The number of halogens is 3. The number of hydrogen-bond acceptors (Lipinski definition) is 2. The fourth-order valence-electron chi connectivity index (χ4n) is 1.36. The van der Waals surface area contributed by atoms with Crippen LogP contribution >= 0.6 is 0 Å². The van der Waals surface area contributed by atoms with E-state index in [1.807, 2.05) is 0 Å². The number of carboxylic acids is 1. The van der Waals surface area contributed by atoms with Crippen molar-refractivity contribution < 1.29 is 27.6 Å². The molecule has 0 unspecified atom stereocenters. The Bertz CT molecular complexity index is 375. The molecule has 0 radical (unpaired) electrons. The van der Waals surface area contributed by atoms with Gasteiger partial charge < -0.3 is 9.90 Å². The summed E-state index contributed by atoms with van der Waals surface area (Å²) in [4.78, 5) is 8.78. The molecule has 19 heavy (non-hydrogen) atoms. The number of carboxylic acid groups (broad SMARTS) is 1. The van der Waals surface area contributed by atoms with Crippen molar-refractivity contribution in [2.24, 2.45) is 7.05 Å². The van der Waals surface area contributed by atoms with Crippen molar-refractivity contribution in [2.75, 3.05) is 0 Å². The fraction of sp³-hybridized carbons (Fsp3) is 0.667. The summed E-state index contributed by atoms with van der Waals surface area (Å²) in [5, 5.41) is 8.78. The van der Waals surface area contributed by atoms with E-state index in [0.29, 0.717) is 0 Å². The highest BCUT2D eigenvalue weighted by molar-refractivity contribution is 5.70. The summed E-state index contributed by atoms with van der Waals surface area (Å²) < 4.78 is 35.9. The molecule has 0 N–H and O–H groups in total. The van der Waals surface area contributed by atoms with Crippen LogP contribution in [-0.4, -0.2) is 16.7 Å². The summed E-state index contributed by atoms with van der Waals surface area (Å²) in [7, 11) is 2.06. The number of aromatic nitrogens is 2. The van der Waals surface area contributed by atoms with Gasteiger partial charge >= 0.3 is 6.18 Å². The molecular formula is C12H19F3N2O2. The smallest absolute Gasteiger partial charge is 0.430 e. The Labute approximate surface area is 110 Å². The highest BCUT2D eigenvalue weighted by Gasteiger charge is 2.28. The second-order valence-corrected chi connectivity index (χ2v) is 4.16. The SMILES string of the molecule is CCCCCCn1cc[n+](C)c1.O=C([O-])C(F)(F)F. The number of aryl methyl sites for hydroxylation is 2. The van der Waals surface area contributed by atoms with E-state index in [4.69, 9.17) is 9.90 Å². The van der Waals surface area contributed by atoms with E-state index in [9.17, 15) is 13.2 Å². The number of unbranched alkanes of at least 4 members (excludes halogenated alkanes) is 3. The number of alkyl halides is 3. The van der Waals surface area contributed by atoms with Crippen molar-refractivity contribution >= 4 is 5.97 Å². The van der Waals surface area contributed by atoms with Crippen molar-refractivity contribution in [3.63, 3.8) is 0 Å². The average molecular weight is 280 g/mol. The summed E-state index contributed by atoms with van der Waals surface area (Å²) in [5.74, 6) is -3.01. The third kappa shape index (κ3) is 9.10. The quantitative estimate of drug-likeness (QED) is 0.601. The summed E-state index contributed by atoms with van der Waals surface area (Å²) in [6, 6.07) is 0. The van der Waals surface area contributed by atoms with Crippen LogP contribution in [-0.2, 0) is 18.4 Å². The molecule has 110 valence electrons. The van der Waals surface area contributed by atoms with E-state index in [-0.39, 0.29) is 0 Å². The molecule has 7 heteroatoms. The first-order chi connectivity index (χ1) is 8.77. The van der Waals surface area contributed by atoms with Crippen molar-refractivity contribution in [1.82, 2.24) is 4.57 Å². The van der Waals surface area contributed by atoms with Crippen molar-refractivity contribution in [3.8, 4) is 0 Å². The van der Waals surface area contributed by atoms with Crippen LogP contribution in [0.15, 0.2) is 18.7 Å². The lowest BCUT2D eigenvalue weighted by Crippen LogP contribution is -2.37. The summed E-state index contributed by atoms with van der Waals surface area (Å²) in [5.41, 5.74) is 0. The van der Waals surface area contributed by atoms with E-state index < -0.39 is 12.1 Å². The van der Waals surface area contributed by atoms with E-state index >= 15 is 0 Å². The number of nitrogens with zero attached hydrogens (tertiary/aromatic N) is 2. The third-order valence-corrected chi connectivity index (χ3v) is 2.33. The van der Waals surface area contributed by atoms with Gasteiger partial charge in [-0.15, -0.1) is 0 Å². The second-order valence-electron chi connectivity index (χ2n) is 4.16. The number of carbonyl (C=O) groups is 1. The van der Waals surface area contributed by atoms with Crippen LogP contribution in [0.25, 0.3) is 0 Å². The van der Waals surface area contributed by atoms with E-state index in [1.165, 1.54) is 32.2 Å². The van der Waals surface area contributed by atoms with Crippen LogP contribution in [0.3, 0.4) is 0 Å². The Balaban J connectivity index is 0.000000399. The van der Waals surface area contributed by atoms with Crippen molar-refractivity contribution in [3.05, 3.63) is 18.7 Å². The van der Waals surface area contributed by atoms with Crippen LogP contribution < -0.4 is 9.67 Å². The maximum atomic E-state index is 10.5. The third-order valence-electron chi connectivity index (χ3n) is 2.33. The Morgan fingerprint density at radius 1 is 1.32 bits per heavy atom. The largest absolute Gasteiger partial charge is 0.542 e. The molecule has 1 rings (SSSR count). The molecule has 0 fully saturated rings. The first-order valence-electron chi connectivity index (χ1n) is 6.06. The Morgan fingerprint density at radius 2 is 1.89 bits per heavy atom. The highest BCUT2D eigenvalue weighted by Crippen LogP contribution is 2.11. The summed E-state index contributed by atoms with van der Waals surface area (Å²) in [6.07, 6.45) is 6.51. The lowest BCUT2D eigenvalue weighted by atomic mass is 10.2. The normalized spacial score (nSPS) is 10.8. The minimum Gasteiger partial charge on any atom is -0.542 e. The molecule has 0 amide bonds. The van der Waals surface area contributed by atoms with E-state index in [1.54, 1.807) is 0 Å². The second kappa shape index (κ2) is 8.55. The molecule has 1 aromatic heterocycles. The zero-order chi connectivity index (χ0) is 14.9. The number of rotatable bonds is 5. The van der Waals surface area contributed by atoms with Crippen LogP contribution in [0.2, 0.25) is 0 Å². The monoisotopic (exact) mass is 280 g/mol. The summed E-state index contributed by atoms with van der Waals surface area (Å²) >= 11 is 0. The van der Waals surface area contributed by atoms with E-state index in [2.05, 4.69) is 41.8 Å². The van der Waals surface area contributed by atoms with Crippen LogP contribution in [0.5, 0.6) is 0 Å². The molecular weight excluding hydrogens is 261 g/mol. The fourth-order valence-corrected chi connectivity index (χ4v) is 1.36. The first kappa shape index (κ1) is 17.5. The maximum Gasteiger partial charge on any atom is 0.430 e. The molecule has 0 bridgehead atoms. The molecule has 0 saturated carbocycles. The van der Waals surface area contributed by atoms with Gasteiger partial charge in [0.1, 0.15) is 18.4 Å². The zero-order valence-electron chi connectivity index (χ0n) is 11.1. The topological polar surface area (TPSA) is 48.9 Å². The van der Waals surface area contributed by atoms with Crippen molar-refractivity contribution in [1.29, 1.82) is 0 Å². The van der Waals surface area contributed by atoms with Gasteiger partial charge in [0.05, 0.1) is 13.6 Å². The lowest BCUT2D eigenvalue weighted by molar-refractivity contribution is -0.671. The van der Waals surface area contributed by atoms with E-state index in [0.717, 1.165) is 0 Å². The number of aliphatic carboxylic acids is 1. The summed E-state index contributed by atoms with van der Waals surface area (Å²) in [6.45, 7) is 3.41. The standard InChI is InChI=1S/C10H19N2.C2HF3O2/c1-3-4-5-6-7-12-9-8-11(2)10-12;3-2(4,5)1(6)7/h8-10H,3-7H2,1-2H3;(H,6,7)/q+1;/p-1. The van der Waals surface area contributed by atoms with Gasteiger partial charge in [-0.3, -0.25) is 0 Å². The molecule has 0 aromatic carbocycles. The number of carbonyl (C=O) groups excluding carboxylic acids is 1. The maximum absolute atomic E-state index is 10.5. The molecule has 0 spiro atoms. The van der Waals surface area contributed by atoms with Gasteiger partial charge in [0.15, 0.2) is 0 Å². The minimum atomic E-state index is -5.19. The molecule has 0 aliphatic rings. The van der Waals surface area contributed by atoms with Gasteiger partial charge in [-0.1, -0.05) is 19.8 Å². The number of hydrogen-bond donors (Lipinski definition) is 0. The van der Waals surface area contributed by atoms with Gasteiger partial charge in [-0.2, -0.15) is 13.2 Å². The van der Waals surface area contributed by atoms with Crippen molar-refractivity contribution in [2.45, 2.75) is 45.3 Å². The molecule has 1 heterocycles. The van der Waals surface area contributed by atoms with Crippen LogP contribution in [0, 0.1) is 0 Å².